The zero-order valence-corrected chi connectivity index (χ0v) is 10.3. The van der Waals surface area contributed by atoms with Crippen LogP contribution in [0.15, 0.2) is 47.1 Å². The monoisotopic (exact) mass is 243 g/mol. The number of nitrogens with zero attached hydrogens (tertiary/aromatic N) is 1. The van der Waals surface area contributed by atoms with Gasteiger partial charge in [0.25, 0.3) is 0 Å². The predicted octanol–water partition coefficient (Wildman–Crippen LogP) is 2.78. The molecule has 1 aromatic heterocycles. The highest BCUT2D eigenvalue weighted by Crippen LogP contribution is 2.25. The molecule has 0 atom stereocenters. The topological polar surface area (TPSA) is 25.6 Å². The van der Waals surface area contributed by atoms with Gasteiger partial charge in [0.2, 0.25) is 0 Å². The molecule has 94 valence electrons. The Kier molecular flexibility index (Phi) is 3.44. The van der Waals surface area contributed by atoms with Crippen molar-refractivity contribution in [2.24, 2.45) is 0 Å². The number of hydrogen-bond acceptors (Lipinski definition) is 3. The second-order valence-electron chi connectivity index (χ2n) is 4.52. The first kappa shape index (κ1) is 11.5. The summed E-state index contributed by atoms with van der Waals surface area (Å²) in [5.41, 5.74) is 2.50. The smallest absolute Gasteiger partial charge is 0.134 e. The summed E-state index contributed by atoms with van der Waals surface area (Å²) >= 11 is 0. The number of hydrogen-bond donors (Lipinski definition) is 0. The normalized spacial score (nSPS) is 16.9. The number of benzene rings is 1. The van der Waals surface area contributed by atoms with Crippen molar-refractivity contribution in [3.63, 3.8) is 0 Å². The Morgan fingerprint density at radius 1 is 1.00 bits per heavy atom. The van der Waals surface area contributed by atoms with Gasteiger partial charge in [-0.15, -0.1) is 0 Å². The quantitative estimate of drug-likeness (QED) is 0.829. The summed E-state index contributed by atoms with van der Waals surface area (Å²) in [6, 6.07) is 12.4. The highest BCUT2D eigenvalue weighted by molar-refractivity contribution is 5.61. The van der Waals surface area contributed by atoms with Crippen LogP contribution in [-0.2, 0) is 11.3 Å². The largest absolute Gasteiger partial charge is 0.464 e. The molecule has 1 aromatic carbocycles. The minimum absolute atomic E-state index is 0.836. The summed E-state index contributed by atoms with van der Waals surface area (Å²) in [6.45, 7) is 4.64. The third kappa shape index (κ3) is 2.47. The average Bonchev–Trinajstić information content (AvgIpc) is 2.94. The van der Waals surface area contributed by atoms with Crippen molar-refractivity contribution in [2.45, 2.75) is 6.54 Å². The maximum Gasteiger partial charge on any atom is 0.134 e. The fraction of sp³-hybridized carbons (Fsp3) is 0.333. The Morgan fingerprint density at radius 2 is 1.83 bits per heavy atom. The molecule has 3 nitrogen and oxygen atoms in total. The Morgan fingerprint density at radius 3 is 2.61 bits per heavy atom. The van der Waals surface area contributed by atoms with E-state index in [0.717, 1.165) is 38.6 Å². The minimum Gasteiger partial charge on any atom is -0.464 e. The van der Waals surface area contributed by atoms with Crippen LogP contribution in [-0.4, -0.2) is 31.2 Å². The highest BCUT2D eigenvalue weighted by atomic mass is 16.5. The van der Waals surface area contributed by atoms with Gasteiger partial charge in [-0.3, -0.25) is 4.90 Å². The Hall–Kier alpha value is -1.58. The molecule has 0 unspecified atom stereocenters. The molecule has 1 saturated heterocycles. The number of morpholine rings is 1. The van der Waals surface area contributed by atoms with Crippen LogP contribution in [0.25, 0.3) is 11.3 Å². The molecule has 0 radical (unpaired) electrons. The van der Waals surface area contributed by atoms with Gasteiger partial charge in [-0.05, 0) is 17.7 Å². The predicted molar refractivity (Wildman–Crippen MR) is 70.2 cm³/mol. The van der Waals surface area contributed by atoms with E-state index in [9.17, 15) is 0 Å². The van der Waals surface area contributed by atoms with E-state index < -0.39 is 0 Å². The molecular formula is C15H17NO2. The van der Waals surface area contributed by atoms with Gasteiger partial charge in [-0.25, -0.2) is 0 Å². The first-order valence-electron chi connectivity index (χ1n) is 6.35. The van der Waals surface area contributed by atoms with Crippen LogP contribution >= 0.6 is 0 Å². The molecule has 3 rings (SSSR count). The SMILES string of the molecule is c1coc(-c2ccccc2CN2CCOCC2)c1. The summed E-state index contributed by atoms with van der Waals surface area (Å²) < 4.78 is 10.9. The van der Waals surface area contributed by atoms with Gasteiger partial charge in [-0.2, -0.15) is 0 Å². The van der Waals surface area contributed by atoms with Crippen molar-refractivity contribution in [1.29, 1.82) is 0 Å². The molecule has 1 aliphatic heterocycles. The van der Waals surface area contributed by atoms with Crippen molar-refractivity contribution in [1.82, 2.24) is 4.90 Å². The summed E-state index contributed by atoms with van der Waals surface area (Å²) in [4.78, 5) is 2.42. The fourth-order valence-electron chi connectivity index (χ4n) is 2.33. The zero-order chi connectivity index (χ0) is 12.2. The number of furan rings is 1. The first-order valence-corrected chi connectivity index (χ1v) is 6.35. The maximum absolute atomic E-state index is 5.51. The zero-order valence-electron chi connectivity index (χ0n) is 10.3. The Labute approximate surface area is 107 Å². The molecule has 2 heterocycles. The van der Waals surface area contributed by atoms with E-state index in [1.54, 1.807) is 6.26 Å². The number of ether oxygens (including phenoxy) is 1. The minimum atomic E-state index is 0.836. The van der Waals surface area contributed by atoms with Crippen molar-refractivity contribution >= 4 is 0 Å². The third-order valence-electron chi connectivity index (χ3n) is 3.30. The first-order chi connectivity index (χ1) is 8.93. The highest BCUT2D eigenvalue weighted by Gasteiger charge is 2.13. The van der Waals surface area contributed by atoms with Crippen LogP contribution in [0.3, 0.4) is 0 Å². The fourth-order valence-corrected chi connectivity index (χ4v) is 2.33. The summed E-state index contributed by atoms with van der Waals surface area (Å²) in [6.07, 6.45) is 1.72. The van der Waals surface area contributed by atoms with E-state index in [2.05, 4.69) is 29.2 Å². The van der Waals surface area contributed by atoms with Gasteiger partial charge in [0, 0.05) is 25.2 Å². The van der Waals surface area contributed by atoms with Gasteiger partial charge in [-0.1, -0.05) is 24.3 Å². The molecule has 18 heavy (non-hydrogen) atoms. The van der Waals surface area contributed by atoms with Crippen LogP contribution in [0.5, 0.6) is 0 Å². The van der Waals surface area contributed by atoms with Crippen molar-refractivity contribution in [3.8, 4) is 11.3 Å². The lowest BCUT2D eigenvalue weighted by Crippen LogP contribution is -2.35. The van der Waals surface area contributed by atoms with E-state index in [1.165, 1.54) is 11.1 Å². The van der Waals surface area contributed by atoms with E-state index in [1.807, 2.05) is 12.1 Å². The molecule has 0 spiro atoms. The molecule has 1 fully saturated rings. The van der Waals surface area contributed by atoms with Gasteiger partial charge in [0.1, 0.15) is 5.76 Å². The van der Waals surface area contributed by atoms with Gasteiger partial charge in [0.15, 0.2) is 0 Å². The van der Waals surface area contributed by atoms with E-state index >= 15 is 0 Å². The van der Waals surface area contributed by atoms with Gasteiger partial charge in [0.05, 0.1) is 19.5 Å². The summed E-state index contributed by atoms with van der Waals surface area (Å²) in [7, 11) is 0. The van der Waals surface area contributed by atoms with Gasteiger partial charge >= 0.3 is 0 Å². The van der Waals surface area contributed by atoms with E-state index in [4.69, 9.17) is 9.15 Å². The van der Waals surface area contributed by atoms with Crippen LogP contribution in [0.2, 0.25) is 0 Å². The molecule has 0 bridgehead atoms. The summed E-state index contributed by atoms with van der Waals surface area (Å²) in [5, 5.41) is 0. The lowest BCUT2D eigenvalue weighted by Gasteiger charge is -2.27. The van der Waals surface area contributed by atoms with Crippen LogP contribution in [0, 0.1) is 0 Å². The molecule has 0 saturated carbocycles. The van der Waals surface area contributed by atoms with Crippen LogP contribution < -0.4 is 0 Å². The van der Waals surface area contributed by atoms with E-state index in [0.29, 0.717) is 0 Å². The molecule has 2 aromatic rings. The van der Waals surface area contributed by atoms with Crippen LogP contribution in [0.4, 0.5) is 0 Å². The molecule has 0 amide bonds. The second kappa shape index (κ2) is 5.38. The summed E-state index contributed by atoms with van der Waals surface area (Å²) in [5.74, 6) is 0.943. The third-order valence-corrected chi connectivity index (χ3v) is 3.30. The van der Waals surface area contributed by atoms with E-state index in [-0.39, 0.29) is 0 Å². The molecule has 0 N–H and O–H groups in total. The average molecular weight is 243 g/mol. The van der Waals surface area contributed by atoms with Crippen LogP contribution in [0.1, 0.15) is 5.56 Å². The van der Waals surface area contributed by atoms with Crippen molar-refractivity contribution < 1.29 is 9.15 Å². The molecule has 3 heteroatoms. The maximum atomic E-state index is 5.51. The lowest BCUT2D eigenvalue weighted by atomic mass is 10.0. The Bertz CT molecular complexity index is 487. The second-order valence-corrected chi connectivity index (χ2v) is 4.52. The molecular weight excluding hydrogens is 226 g/mol. The molecule has 1 aliphatic rings. The van der Waals surface area contributed by atoms with Crippen molar-refractivity contribution in [3.05, 3.63) is 48.2 Å². The van der Waals surface area contributed by atoms with Crippen molar-refractivity contribution in [2.75, 3.05) is 26.3 Å². The standard InChI is InChI=1S/C15H17NO2/c1-2-5-14(15-6-3-9-18-15)13(4-1)12-16-7-10-17-11-8-16/h1-6,9H,7-8,10-12H2. The lowest BCUT2D eigenvalue weighted by molar-refractivity contribution is 0.0342. The number of rotatable bonds is 3. The Balaban J connectivity index is 1.83. The molecule has 0 aliphatic carbocycles. The van der Waals surface area contributed by atoms with Gasteiger partial charge < -0.3 is 9.15 Å².